The smallest absolute Gasteiger partial charge is 0.243 e. The number of anilines is 1. The van der Waals surface area contributed by atoms with Gasteiger partial charge in [0.05, 0.1) is 34.0 Å². The number of carbonyl (C=O) groups excluding carboxylic acids is 1. The molecule has 38 heavy (non-hydrogen) atoms. The number of thiazole rings is 1. The standard InChI is InChI=1S/C27H27ClN4O4S2/c1-18-6-8-21(9-7-18)38(34,35)31-15-12-19(13-16-31)26(33)32(17-20-5-3-4-14-29-20)27-30-24-23(36-2)11-10-22(28)25(24)37-27/h3-11,14,19H,12-13,15-17H2,1-2H3. The van der Waals surface area contributed by atoms with Crippen molar-refractivity contribution >= 4 is 54.2 Å². The molecule has 2 aromatic heterocycles. The van der Waals surface area contributed by atoms with Crippen molar-refractivity contribution in [3.63, 3.8) is 0 Å². The molecule has 0 aliphatic carbocycles. The number of methoxy groups -OCH3 is 1. The molecule has 0 radical (unpaired) electrons. The first-order chi connectivity index (χ1) is 18.3. The number of rotatable bonds is 7. The van der Waals surface area contributed by atoms with Crippen LogP contribution in [0, 0.1) is 12.8 Å². The lowest BCUT2D eigenvalue weighted by Gasteiger charge is -2.33. The van der Waals surface area contributed by atoms with E-state index in [1.165, 1.54) is 15.6 Å². The molecule has 1 aliphatic rings. The first kappa shape index (κ1) is 26.6. The summed E-state index contributed by atoms with van der Waals surface area (Å²) in [6, 6.07) is 15.9. The van der Waals surface area contributed by atoms with Crippen LogP contribution < -0.4 is 9.64 Å². The Labute approximate surface area is 230 Å². The molecule has 0 atom stereocenters. The van der Waals surface area contributed by atoms with Gasteiger partial charge in [-0.2, -0.15) is 4.31 Å². The third-order valence-electron chi connectivity index (χ3n) is 6.67. The number of nitrogens with zero attached hydrogens (tertiary/aromatic N) is 4. The van der Waals surface area contributed by atoms with Crippen molar-refractivity contribution in [3.8, 4) is 5.75 Å². The average Bonchev–Trinajstić information content (AvgIpc) is 3.39. The number of aromatic nitrogens is 2. The quantitative estimate of drug-likeness (QED) is 0.299. The summed E-state index contributed by atoms with van der Waals surface area (Å²) in [4.78, 5) is 25.0. The van der Waals surface area contributed by atoms with Gasteiger partial charge in [-0.15, -0.1) is 0 Å². The van der Waals surface area contributed by atoms with Gasteiger partial charge in [0, 0.05) is 25.2 Å². The van der Waals surface area contributed by atoms with Gasteiger partial charge in [-0.25, -0.2) is 13.4 Å². The third-order valence-corrected chi connectivity index (χ3v) is 10.1. The molecule has 11 heteroatoms. The molecule has 5 rings (SSSR count). The Morgan fingerprint density at radius 3 is 2.53 bits per heavy atom. The maximum Gasteiger partial charge on any atom is 0.243 e. The summed E-state index contributed by atoms with van der Waals surface area (Å²) in [6.07, 6.45) is 2.51. The Bertz CT molecular complexity index is 1550. The topological polar surface area (TPSA) is 92.7 Å². The molecular weight excluding hydrogens is 544 g/mol. The predicted octanol–water partition coefficient (Wildman–Crippen LogP) is 5.30. The Morgan fingerprint density at radius 1 is 1.13 bits per heavy atom. The third kappa shape index (κ3) is 5.26. The highest BCUT2D eigenvalue weighted by atomic mass is 35.5. The zero-order valence-corrected chi connectivity index (χ0v) is 23.4. The van der Waals surface area contributed by atoms with Gasteiger partial charge in [0.15, 0.2) is 5.13 Å². The van der Waals surface area contributed by atoms with E-state index >= 15 is 0 Å². The van der Waals surface area contributed by atoms with Crippen LogP contribution in [0.1, 0.15) is 24.1 Å². The predicted molar refractivity (Wildman–Crippen MR) is 149 cm³/mol. The number of amides is 1. The molecule has 0 spiro atoms. The Morgan fingerprint density at radius 2 is 1.87 bits per heavy atom. The SMILES string of the molecule is COc1ccc(Cl)c2sc(N(Cc3ccccn3)C(=O)C3CCN(S(=O)(=O)c4ccc(C)cc4)CC3)nc12. The first-order valence-electron chi connectivity index (χ1n) is 12.2. The van der Waals surface area contributed by atoms with Gasteiger partial charge < -0.3 is 4.74 Å². The summed E-state index contributed by atoms with van der Waals surface area (Å²) >= 11 is 7.77. The highest BCUT2D eigenvalue weighted by Crippen LogP contribution is 2.40. The fraction of sp³-hybridized carbons (Fsp3) is 0.296. The van der Waals surface area contributed by atoms with E-state index < -0.39 is 10.0 Å². The van der Waals surface area contributed by atoms with Crippen LogP contribution >= 0.6 is 22.9 Å². The van der Waals surface area contributed by atoms with Gasteiger partial charge in [0.1, 0.15) is 11.3 Å². The number of hydrogen-bond donors (Lipinski definition) is 0. The number of ether oxygens (including phenoxy) is 1. The van der Waals surface area contributed by atoms with E-state index in [0.29, 0.717) is 34.3 Å². The lowest BCUT2D eigenvalue weighted by molar-refractivity contribution is -0.123. The van der Waals surface area contributed by atoms with Crippen molar-refractivity contribution < 1.29 is 17.9 Å². The highest BCUT2D eigenvalue weighted by molar-refractivity contribution is 7.89. The molecule has 198 valence electrons. The molecule has 1 amide bonds. The van der Waals surface area contributed by atoms with E-state index in [9.17, 15) is 13.2 Å². The minimum atomic E-state index is -3.62. The minimum Gasteiger partial charge on any atom is -0.494 e. The van der Waals surface area contributed by atoms with Gasteiger partial charge in [0.2, 0.25) is 15.9 Å². The van der Waals surface area contributed by atoms with Crippen molar-refractivity contribution in [2.45, 2.75) is 31.2 Å². The van der Waals surface area contributed by atoms with E-state index in [2.05, 4.69) is 4.98 Å². The van der Waals surface area contributed by atoms with E-state index in [0.717, 1.165) is 16.0 Å². The second-order valence-electron chi connectivity index (χ2n) is 9.16. The maximum absolute atomic E-state index is 13.9. The number of benzene rings is 2. The van der Waals surface area contributed by atoms with E-state index in [-0.39, 0.29) is 36.4 Å². The monoisotopic (exact) mass is 570 g/mol. The van der Waals surface area contributed by atoms with Crippen LogP contribution in [0.5, 0.6) is 5.75 Å². The number of fused-ring (bicyclic) bond motifs is 1. The largest absolute Gasteiger partial charge is 0.494 e. The van der Waals surface area contributed by atoms with Crippen LogP contribution in [-0.4, -0.2) is 48.8 Å². The first-order valence-corrected chi connectivity index (χ1v) is 14.8. The van der Waals surface area contributed by atoms with Crippen molar-refractivity contribution in [3.05, 3.63) is 77.1 Å². The molecule has 0 N–H and O–H groups in total. The number of pyridine rings is 1. The lowest BCUT2D eigenvalue weighted by atomic mass is 9.96. The molecule has 2 aromatic carbocycles. The molecule has 4 aromatic rings. The lowest BCUT2D eigenvalue weighted by Crippen LogP contribution is -2.44. The second-order valence-corrected chi connectivity index (χ2v) is 12.5. The summed E-state index contributed by atoms with van der Waals surface area (Å²) in [5.41, 5.74) is 2.31. The molecule has 1 fully saturated rings. The van der Waals surface area contributed by atoms with Gasteiger partial charge in [-0.05, 0) is 56.2 Å². The Balaban J connectivity index is 1.40. The molecule has 0 saturated carbocycles. The summed E-state index contributed by atoms with van der Waals surface area (Å²) in [6.45, 7) is 2.69. The minimum absolute atomic E-state index is 0.114. The van der Waals surface area contributed by atoms with E-state index in [4.69, 9.17) is 21.3 Å². The zero-order chi connectivity index (χ0) is 26.9. The second kappa shape index (κ2) is 11.0. The van der Waals surface area contributed by atoms with Crippen LogP contribution in [0.4, 0.5) is 5.13 Å². The normalized spacial score (nSPS) is 15.0. The van der Waals surface area contributed by atoms with Gasteiger partial charge in [-0.1, -0.05) is 46.7 Å². The van der Waals surface area contributed by atoms with Crippen LogP contribution in [-0.2, 0) is 21.4 Å². The Hall–Kier alpha value is -3.05. The number of sulfonamides is 1. The van der Waals surface area contributed by atoms with Crippen molar-refractivity contribution in [1.82, 2.24) is 14.3 Å². The molecular formula is C27H27ClN4O4S2. The molecule has 3 heterocycles. The number of halogens is 1. The molecule has 1 saturated heterocycles. The molecule has 8 nitrogen and oxygen atoms in total. The fourth-order valence-corrected chi connectivity index (χ4v) is 7.27. The molecule has 1 aliphatic heterocycles. The summed E-state index contributed by atoms with van der Waals surface area (Å²) in [5, 5.41) is 1.03. The van der Waals surface area contributed by atoms with E-state index in [1.807, 2.05) is 25.1 Å². The number of carbonyl (C=O) groups is 1. The number of piperidine rings is 1. The van der Waals surface area contributed by atoms with Gasteiger partial charge >= 0.3 is 0 Å². The Kier molecular flexibility index (Phi) is 7.67. The summed E-state index contributed by atoms with van der Waals surface area (Å²) in [7, 11) is -2.05. The van der Waals surface area contributed by atoms with Crippen LogP contribution in [0.15, 0.2) is 65.7 Å². The molecule has 0 unspecified atom stereocenters. The fourth-order valence-electron chi connectivity index (χ4n) is 4.54. The maximum atomic E-state index is 13.9. The zero-order valence-electron chi connectivity index (χ0n) is 21.0. The van der Waals surface area contributed by atoms with Crippen LogP contribution in [0.3, 0.4) is 0 Å². The average molecular weight is 571 g/mol. The van der Waals surface area contributed by atoms with Gasteiger partial charge in [0.25, 0.3) is 0 Å². The van der Waals surface area contributed by atoms with Crippen molar-refractivity contribution in [2.24, 2.45) is 5.92 Å². The van der Waals surface area contributed by atoms with Crippen LogP contribution in [0.2, 0.25) is 5.02 Å². The van der Waals surface area contributed by atoms with E-state index in [1.54, 1.807) is 54.6 Å². The summed E-state index contributed by atoms with van der Waals surface area (Å²) < 4.78 is 34.0. The van der Waals surface area contributed by atoms with Crippen molar-refractivity contribution in [2.75, 3.05) is 25.1 Å². The van der Waals surface area contributed by atoms with Crippen molar-refractivity contribution in [1.29, 1.82) is 0 Å². The highest BCUT2D eigenvalue weighted by Gasteiger charge is 2.35. The molecule has 0 bridgehead atoms. The number of aryl methyl sites for hydroxylation is 1. The van der Waals surface area contributed by atoms with Gasteiger partial charge in [-0.3, -0.25) is 14.7 Å². The van der Waals surface area contributed by atoms with Crippen LogP contribution in [0.25, 0.3) is 10.2 Å². The number of hydrogen-bond acceptors (Lipinski definition) is 7. The summed E-state index contributed by atoms with van der Waals surface area (Å²) in [5.74, 6) is 0.108.